The van der Waals surface area contributed by atoms with E-state index in [1.807, 2.05) is 0 Å². The van der Waals surface area contributed by atoms with Gasteiger partial charge in [0.2, 0.25) is 0 Å². The third kappa shape index (κ3) is 6.36. The van der Waals surface area contributed by atoms with E-state index in [1.165, 1.54) is 36.4 Å². The summed E-state index contributed by atoms with van der Waals surface area (Å²) in [5.41, 5.74) is -0.342. The second-order valence-electron chi connectivity index (χ2n) is 7.06. The van der Waals surface area contributed by atoms with E-state index < -0.39 is 35.4 Å². The quantitative estimate of drug-likeness (QED) is 0.312. The number of benzene rings is 3. The van der Waals surface area contributed by atoms with Crippen LogP contribution in [-0.4, -0.2) is 18.4 Å². The molecular weight excluding hydrogens is 452 g/mol. The van der Waals surface area contributed by atoms with Gasteiger partial charge in [0.15, 0.2) is 0 Å². The summed E-state index contributed by atoms with van der Waals surface area (Å²) >= 11 is 0. The zero-order valence-electron chi connectivity index (χ0n) is 17.5. The lowest BCUT2D eigenvalue weighted by Crippen LogP contribution is -2.38. The third-order valence-corrected chi connectivity index (χ3v) is 4.65. The highest BCUT2D eigenvalue weighted by molar-refractivity contribution is 6.39. The molecule has 2 N–H and O–H groups in total. The summed E-state index contributed by atoms with van der Waals surface area (Å²) in [7, 11) is 0. The van der Waals surface area contributed by atoms with Gasteiger partial charge in [0.1, 0.15) is 18.2 Å². The Labute approximate surface area is 192 Å². The Kier molecular flexibility index (Phi) is 7.53. The van der Waals surface area contributed by atoms with Crippen molar-refractivity contribution >= 4 is 17.5 Å². The summed E-state index contributed by atoms with van der Waals surface area (Å²) < 4.78 is 58.3. The highest BCUT2D eigenvalue weighted by atomic mass is 19.4. The van der Waals surface area contributed by atoms with Crippen LogP contribution in [0.5, 0.6) is 5.75 Å². The normalized spacial score (nSPS) is 11.7. The van der Waals surface area contributed by atoms with Gasteiger partial charge < -0.3 is 15.4 Å². The summed E-state index contributed by atoms with van der Waals surface area (Å²) in [6.45, 7) is 0.00816. The number of hydrogen-bond acceptors (Lipinski definition) is 3. The molecule has 0 heterocycles. The van der Waals surface area contributed by atoms with Gasteiger partial charge in [-0.3, -0.25) is 9.59 Å². The molecule has 0 saturated carbocycles. The summed E-state index contributed by atoms with van der Waals surface area (Å²) in [4.78, 5) is 25.1. The molecule has 0 fully saturated rings. The number of terminal acetylenes is 1. The molecule has 3 aromatic carbocycles. The van der Waals surface area contributed by atoms with Crippen LogP contribution in [0.4, 0.5) is 23.2 Å². The summed E-state index contributed by atoms with van der Waals surface area (Å²) in [6.07, 6.45) is 0.524. The second kappa shape index (κ2) is 10.5. The van der Waals surface area contributed by atoms with Gasteiger partial charge in [-0.15, -0.1) is 6.42 Å². The SMILES string of the molecule is C#CCOc1cccc(NC(=O)C(=O)NC(c2ccc(F)cc2)c2cccc(C(F)(F)F)c2)c1. The molecule has 1 atom stereocenters. The van der Waals surface area contributed by atoms with Crippen LogP contribution < -0.4 is 15.4 Å². The fourth-order valence-electron chi connectivity index (χ4n) is 3.08. The van der Waals surface area contributed by atoms with Gasteiger partial charge >= 0.3 is 18.0 Å². The fourth-order valence-corrected chi connectivity index (χ4v) is 3.08. The number of carbonyl (C=O) groups is 2. The summed E-state index contributed by atoms with van der Waals surface area (Å²) in [5.74, 6) is -0.0769. The molecule has 3 aromatic rings. The molecular formula is C25H18F4N2O3. The summed E-state index contributed by atoms with van der Waals surface area (Å²) in [6, 6.07) is 14.1. The highest BCUT2D eigenvalue weighted by Gasteiger charge is 2.31. The van der Waals surface area contributed by atoms with E-state index in [0.717, 1.165) is 24.3 Å². The van der Waals surface area contributed by atoms with E-state index in [9.17, 15) is 27.2 Å². The first-order valence-corrected chi connectivity index (χ1v) is 9.88. The van der Waals surface area contributed by atoms with Gasteiger partial charge in [-0.2, -0.15) is 13.2 Å². The molecule has 0 aliphatic heterocycles. The van der Waals surface area contributed by atoms with Crippen molar-refractivity contribution in [1.82, 2.24) is 5.32 Å². The van der Waals surface area contributed by atoms with Crippen molar-refractivity contribution in [2.24, 2.45) is 0 Å². The number of alkyl halides is 3. The molecule has 0 bridgehead atoms. The standard InChI is InChI=1S/C25H18F4N2O3/c1-2-13-34-21-8-4-7-20(15-21)30-23(32)24(33)31-22(16-9-11-19(26)12-10-16)17-5-3-6-18(14-17)25(27,28)29/h1,3-12,14-15,22H,13H2,(H,30,32)(H,31,33). The lowest BCUT2D eigenvalue weighted by Gasteiger charge is -2.21. The molecule has 34 heavy (non-hydrogen) atoms. The van der Waals surface area contributed by atoms with Crippen LogP contribution >= 0.6 is 0 Å². The van der Waals surface area contributed by atoms with E-state index in [4.69, 9.17) is 11.2 Å². The van der Waals surface area contributed by atoms with Crippen LogP contribution in [0.3, 0.4) is 0 Å². The number of anilines is 1. The van der Waals surface area contributed by atoms with Crippen molar-refractivity contribution < 1.29 is 31.9 Å². The number of hydrogen-bond donors (Lipinski definition) is 2. The van der Waals surface area contributed by atoms with Crippen LogP contribution in [0.15, 0.2) is 72.8 Å². The minimum Gasteiger partial charge on any atom is -0.481 e. The third-order valence-electron chi connectivity index (χ3n) is 4.65. The van der Waals surface area contributed by atoms with E-state index in [0.29, 0.717) is 5.75 Å². The van der Waals surface area contributed by atoms with Crippen LogP contribution in [0, 0.1) is 18.2 Å². The van der Waals surface area contributed by atoms with Crippen LogP contribution in [0.1, 0.15) is 22.7 Å². The molecule has 0 aromatic heterocycles. The smallest absolute Gasteiger partial charge is 0.416 e. The lowest BCUT2D eigenvalue weighted by molar-refractivity contribution is -0.137. The van der Waals surface area contributed by atoms with Crippen molar-refractivity contribution in [2.75, 3.05) is 11.9 Å². The van der Waals surface area contributed by atoms with Crippen molar-refractivity contribution in [3.63, 3.8) is 0 Å². The topological polar surface area (TPSA) is 67.4 Å². The van der Waals surface area contributed by atoms with Gasteiger partial charge in [0.25, 0.3) is 0 Å². The van der Waals surface area contributed by atoms with Crippen LogP contribution in [-0.2, 0) is 15.8 Å². The Morgan fingerprint density at radius 2 is 1.65 bits per heavy atom. The number of halogens is 4. The molecule has 0 radical (unpaired) electrons. The monoisotopic (exact) mass is 470 g/mol. The van der Waals surface area contributed by atoms with Crippen molar-refractivity contribution in [3.05, 3.63) is 95.3 Å². The van der Waals surface area contributed by atoms with E-state index in [-0.39, 0.29) is 23.4 Å². The molecule has 1 unspecified atom stereocenters. The molecule has 0 aliphatic carbocycles. The zero-order chi connectivity index (χ0) is 24.7. The van der Waals surface area contributed by atoms with Gasteiger partial charge in [0.05, 0.1) is 11.6 Å². The average Bonchev–Trinajstić information content (AvgIpc) is 2.81. The first-order valence-electron chi connectivity index (χ1n) is 9.88. The Bertz CT molecular complexity index is 1220. The van der Waals surface area contributed by atoms with Crippen LogP contribution in [0.2, 0.25) is 0 Å². The van der Waals surface area contributed by atoms with Gasteiger partial charge in [-0.25, -0.2) is 4.39 Å². The minimum atomic E-state index is -4.61. The van der Waals surface area contributed by atoms with Crippen molar-refractivity contribution in [3.8, 4) is 18.1 Å². The first kappa shape index (κ1) is 24.3. The molecule has 0 aliphatic rings. The van der Waals surface area contributed by atoms with Crippen LogP contribution in [0.25, 0.3) is 0 Å². The Hall–Kier alpha value is -4.32. The number of amides is 2. The van der Waals surface area contributed by atoms with Crippen molar-refractivity contribution in [1.29, 1.82) is 0 Å². The maximum atomic E-state index is 13.4. The number of ether oxygens (including phenoxy) is 1. The number of rotatable bonds is 6. The largest absolute Gasteiger partial charge is 0.481 e. The maximum Gasteiger partial charge on any atom is 0.416 e. The van der Waals surface area contributed by atoms with Crippen molar-refractivity contribution in [2.45, 2.75) is 12.2 Å². The van der Waals surface area contributed by atoms with Gasteiger partial charge in [-0.05, 0) is 47.5 Å². The molecule has 5 nitrogen and oxygen atoms in total. The molecule has 174 valence electrons. The second-order valence-corrected chi connectivity index (χ2v) is 7.06. The number of carbonyl (C=O) groups excluding carboxylic acids is 2. The average molecular weight is 470 g/mol. The zero-order valence-corrected chi connectivity index (χ0v) is 17.5. The van der Waals surface area contributed by atoms with Gasteiger partial charge in [-0.1, -0.05) is 36.3 Å². The molecule has 9 heteroatoms. The maximum absolute atomic E-state index is 13.4. The van der Waals surface area contributed by atoms with E-state index in [1.54, 1.807) is 12.1 Å². The predicted molar refractivity (Wildman–Crippen MR) is 117 cm³/mol. The Morgan fingerprint density at radius 3 is 2.32 bits per heavy atom. The highest BCUT2D eigenvalue weighted by Crippen LogP contribution is 2.32. The predicted octanol–water partition coefficient (Wildman–Crippen LogP) is 4.70. The fraction of sp³-hybridized carbons (Fsp3) is 0.120. The summed E-state index contributed by atoms with van der Waals surface area (Å²) in [5, 5.41) is 4.81. The molecule has 0 saturated heterocycles. The Balaban J connectivity index is 1.84. The lowest BCUT2D eigenvalue weighted by atomic mass is 9.96. The first-order chi connectivity index (χ1) is 16.2. The minimum absolute atomic E-state index is 0.00816. The molecule has 3 rings (SSSR count). The number of nitrogens with one attached hydrogen (secondary N) is 2. The molecule has 2 amide bonds. The van der Waals surface area contributed by atoms with Gasteiger partial charge in [0, 0.05) is 11.8 Å². The molecule has 0 spiro atoms. The van der Waals surface area contributed by atoms with E-state index in [2.05, 4.69) is 16.6 Å². The van der Waals surface area contributed by atoms with E-state index >= 15 is 0 Å². The Morgan fingerprint density at radius 1 is 0.941 bits per heavy atom.